The van der Waals surface area contributed by atoms with E-state index in [1.165, 1.54) is 0 Å². The van der Waals surface area contributed by atoms with Crippen LogP contribution in [0, 0.1) is 0 Å². The van der Waals surface area contributed by atoms with Crippen LogP contribution in [-0.4, -0.2) is 73.3 Å². The lowest BCUT2D eigenvalue weighted by atomic mass is 9.94. The van der Waals surface area contributed by atoms with Crippen LogP contribution in [0.5, 0.6) is 17.2 Å². The number of carbonyl (C=O) groups excluding carboxylic acids is 2. The Balaban J connectivity index is 1.31. The van der Waals surface area contributed by atoms with Crippen LogP contribution in [0.3, 0.4) is 0 Å². The van der Waals surface area contributed by atoms with E-state index < -0.39 is 48.7 Å². The molecule has 10 heteroatoms. The summed E-state index contributed by atoms with van der Waals surface area (Å²) in [4.78, 5) is 27.9. The molecule has 0 radical (unpaired) electrons. The number of hydrogen-bond donors (Lipinski definition) is 1. The molecular formula is C29H27NO9. The normalized spacial score (nSPS) is 28.0. The van der Waals surface area contributed by atoms with Crippen LogP contribution in [0.25, 0.3) is 0 Å². The fourth-order valence-electron chi connectivity index (χ4n) is 5.15. The van der Waals surface area contributed by atoms with Crippen molar-refractivity contribution in [3.8, 4) is 17.2 Å². The van der Waals surface area contributed by atoms with Crippen molar-refractivity contribution in [2.75, 3.05) is 20.8 Å². The van der Waals surface area contributed by atoms with Crippen molar-refractivity contribution in [3.63, 3.8) is 0 Å². The zero-order valence-corrected chi connectivity index (χ0v) is 21.3. The van der Waals surface area contributed by atoms with Crippen molar-refractivity contribution in [3.05, 3.63) is 89.5 Å². The number of aliphatic hydroxyl groups excluding tert-OH is 1. The van der Waals surface area contributed by atoms with E-state index in [1.807, 2.05) is 0 Å². The zero-order valence-electron chi connectivity index (χ0n) is 21.3. The Kier molecular flexibility index (Phi) is 6.69. The number of amides is 2. The van der Waals surface area contributed by atoms with Crippen LogP contribution in [-0.2, 0) is 14.2 Å². The van der Waals surface area contributed by atoms with Crippen LogP contribution >= 0.6 is 0 Å². The van der Waals surface area contributed by atoms with Crippen molar-refractivity contribution >= 4 is 11.8 Å². The van der Waals surface area contributed by atoms with E-state index in [0.29, 0.717) is 17.2 Å². The summed E-state index contributed by atoms with van der Waals surface area (Å²) in [5, 5.41) is 11.7. The summed E-state index contributed by atoms with van der Waals surface area (Å²) >= 11 is 0. The summed E-state index contributed by atoms with van der Waals surface area (Å²) in [5.74, 6) is 0.634. The van der Waals surface area contributed by atoms with Gasteiger partial charge in [-0.3, -0.25) is 14.5 Å². The number of rotatable bonds is 6. The fourth-order valence-corrected chi connectivity index (χ4v) is 5.15. The van der Waals surface area contributed by atoms with E-state index in [9.17, 15) is 14.7 Å². The minimum absolute atomic E-state index is 0.0930. The largest absolute Gasteiger partial charge is 0.497 e. The standard InChI is InChI=1S/C29H27NO9/c1-34-17-9-7-16(8-10-17)28-36-15-22-25(39-28)24(31)23(29(38-22)37-19-13-11-18(35-2)12-14-19)30-26(32)20-5-3-4-6-21(20)27(30)33/h3-14,22-25,28-29,31H,15H2,1-2H3/t22-,23-,24-,25-,28?,29-/m1/s1. The van der Waals surface area contributed by atoms with E-state index in [1.54, 1.807) is 87.0 Å². The molecule has 3 aliphatic heterocycles. The Labute approximate surface area is 224 Å². The van der Waals surface area contributed by atoms with E-state index >= 15 is 0 Å². The van der Waals surface area contributed by atoms with Gasteiger partial charge in [-0.1, -0.05) is 24.3 Å². The van der Waals surface area contributed by atoms with Crippen molar-refractivity contribution in [1.29, 1.82) is 0 Å². The van der Waals surface area contributed by atoms with Gasteiger partial charge in [-0.15, -0.1) is 0 Å². The molecule has 202 valence electrons. The summed E-state index contributed by atoms with van der Waals surface area (Å²) in [6.45, 7) is 0.0930. The third kappa shape index (κ3) is 4.51. The van der Waals surface area contributed by atoms with Crippen LogP contribution in [0.2, 0.25) is 0 Å². The van der Waals surface area contributed by atoms with Crippen molar-refractivity contribution in [2.24, 2.45) is 0 Å². The zero-order chi connectivity index (χ0) is 27.1. The lowest BCUT2D eigenvalue weighted by molar-refractivity contribution is -0.338. The van der Waals surface area contributed by atoms with Crippen molar-refractivity contribution < 1.29 is 43.1 Å². The predicted octanol–water partition coefficient (Wildman–Crippen LogP) is 2.95. The third-order valence-corrected chi connectivity index (χ3v) is 7.16. The summed E-state index contributed by atoms with van der Waals surface area (Å²) in [6, 6.07) is 19.3. The first-order valence-electron chi connectivity index (χ1n) is 12.5. The number of methoxy groups -OCH3 is 2. The van der Waals surface area contributed by atoms with Gasteiger partial charge >= 0.3 is 0 Å². The molecule has 39 heavy (non-hydrogen) atoms. The quantitative estimate of drug-likeness (QED) is 0.478. The number of imide groups is 1. The molecule has 0 aliphatic carbocycles. The van der Waals surface area contributed by atoms with Crippen molar-refractivity contribution in [2.45, 2.75) is 36.9 Å². The highest BCUT2D eigenvalue weighted by Gasteiger charge is 2.56. The Hall–Kier alpha value is -3.96. The van der Waals surface area contributed by atoms with Gasteiger partial charge in [0.1, 0.15) is 41.6 Å². The maximum atomic E-state index is 13.4. The molecule has 3 aliphatic rings. The van der Waals surface area contributed by atoms with Gasteiger partial charge in [-0.25, -0.2) is 0 Å². The van der Waals surface area contributed by atoms with Crippen LogP contribution in [0.1, 0.15) is 32.6 Å². The van der Waals surface area contributed by atoms with E-state index in [-0.39, 0.29) is 17.7 Å². The molecule has 10 nitrogen and oxygen atoms in total. The molecule has 0 saturated carbocycles. The summed E-state index contributed by atoms with van der Waals surface area (Å²) in [7, 11) is 3.13. The van der Waals surface area contributed by atoms with Gasteiger partial charge in [0.05, 0.1) is 32.0 Å². The molecule has 6 atom stereocenters. The number of benzene rings is 3. The SMILES string of the molecule is COc1ccc(O[C@@H]2O[C@@H]3COC(c4ccc(OC)cc4)O[C@H]3[C@H](O)[C@H]2N2C(=O)c3ccccc3C2=O)cc1. The minimum atomic E-state index is -1.33. The summed E-state index contributed by atoms with van der Waals surface area (Å²) in [6.07, 6.45) is -4.95. The monoisotopic (exact) mass is 533 g/mol. The molecule has 3 aromatic carbocycles. The molecule has 2 saturated heterocycles. The molecule has 2 fully saturated rings. The molecule has 6 rings (SSSR count). The van der Waals surface area contributed by atoms with Gasteiger partial charge in [0.25, 0.3) is 11.8 Å². The Morgan fingerprint density at radius 1 is 0.795 bits per heavy atom. The number of fused-ring (bicyclic) bond motifs is 2. The van der Waals surface area contributed by atoms with Gasteiger partial charge in [0, 0.05) is 5.56 Å². The number of aliphatic hydroxyl groups is 1. The highest BCUT2D eigenvalue weighted by atomic mass is 16.7. The Bertz CT molecular complexity index is 1320. The van der Waals surface area contributed by atoms with Gasteiger partial charge in [0.2, 0.25) is 6.29 Å². The molecule has 1 N–H and O–H groups in total. The number of carbonyl (C=O) groups is 2. The molecule has 0 aromatic heterocycles. The third-order valence-electron chi connectivity index (χ3n) is 7.16. The maximum absolute atomic E-state index is 13.4. The lowest BCUT2D eigenvalue weighted by Gasteiger charge is -2.49. The Morgan fingerprint density at radius 2 is 1.36 bits per heavy atom. The molecular weight excluding hydrogens is 506 g/mol. The molecule has 0 spiro atoms. The van der Waals surface area contributed by atoms with Gasteiger partial charge < -0.3 is 33.5 Å². The van der Waals surface area contributed by atoms with E-state index in [2.05, 4.69) is 0 Å². The predicted molar refractivity (Wildman–Crippen MR) is 136 cm³/mol. The van der Waals surface area contributed by atoms with Crippen molar-refractivity contribution in [1.82, 2.24) is 4.90 Å². The fraction of sp³-hybridized carbons (Fsp3) is 0.310. The first-order chi connectivity index (χ1) is 19.0. The summed E-state index contributed by atoms with van der Waals surface area (Å²) < 4.78 is 34.9. The van der Waals surface area contributed by atoms with E-state index in [0.717, 1.165) is 10.5 Å². The first kappa shape index (κ1) is 25.3. The topological polar surface area (TPSA) is 113 Å². The number of ether oxygens (including phenoxy) is 6. The molecule has 2 amide bonds. The first-order valence-corrected chi connectivity index (χ1v) is 12.5. The highest BCUT2D eigenvalue weighted by Crippen LogP contribution is 2.39. The number of nitrogens with zero attached hydrogens (tertiary/aromatic N) is 1. The van der Waals surface area contributed by atoms with Gasteiger partial charge in [-0.05, 0) is 48.5 Å². The molecule has 1 unspecified atom stereocenters. The second-order valence-corrected chi connectivity index (χ2v) is 9.38. The molecule has 3 aromatic rings. The highest BCUT2D eigenvalue weighted by molar-refractivity contribution is 6.21. The van der Waals surface area contributed by atoms with Crippen LogP contribution in [0.15, 0.2) is 72.8 Å². The van der Waals surface area contributed by atoms with Crippen LogP contribution in [0.4, 0.5) is 0 Å². The summed E-state index contributed by atoms with van der Waals surface area (Å²) in [5.41, 5.74) is 1.23. The average molecular weight is 534 g/mol. The molecule has 3 heterocycles. The maximum Gasteiger partial charge on any atom is 0.262 e. The van der Waals surface area contributed by atoms with E-state index in [4.69, 9.17) is 28.4 Å². The van der Waals surface area contributed by atoms with Gasteiger partial charge in [0.15, 0.2) is 6.29 Å². The number of hydrogen-bond acceptors (Lipinski definition) is 9. The lowest BCUT2D eigenvalue weighted by Crippen LogP contribution is -2.68. The second-order valence-electron chi connectivity index (χ2n) is 9.38. The van der Waals surface area contributed by atoms with Gasteiger partial charge in [-0.2, -0.15) is 0 Å². The van der Waals surface area contributed by atoms with Crippen LogP contribution < -0.4 is 14.2 Å². The molecule has 0 bridgehead atoms. The smallest absolute Gasteiger partial charge is 0.262 e. The Morgan fingerprint density at radius 3 is 1.95 bits per heavy atom. The minimum Gasteiger partial charge on any atom is -0.497 e. The second kappa shape index (κ2) is 10.3. The average Bonchev–Trinajstić information content (AvgIpc) is 3.23.